The third kappa shape index (κ3) is 4.82. The van der Waals surface area contributed by atoms with E-state index in [2.05, 4.69) is 0 Å². The van der Waals surface area contributed by atoms with Gasteiger partial charge in [-0.25, -0.2) is 0 Å². The Bertz CT molecular complexity index is 1290. The third-order valence-corrected chi connectivity index (χ3v) is 7.25. The standard InChI is InChI=1S/C26H23N3O4S2/c1-31-19-9-5-17(6-10-19)22-14-23(18-7-11-20(32-2)12-8-18)29(27-22)16-24-25(30)28(26(34)35-24)15-21-4-3-13-33-21/h3-13,16,23H,14-15H2,1-2H3/b24-16-. The molecule has 0 saturated carbocycles. The first-order valence-corrected chi connectivity index (χ1v) is 12.2. The summed E-state index contributed by atoms with van der Waals surface area (Å²) in [6.45, 7) is 0.303. The van der Waals surface area contributed by atoms with Crippen LogP contribution in [0.1, 0.15) is 29.3 Å². The highest BCUT2D eigenvalue weighted by molar-refractivity contribution is 8.26. The molecular weight excluding hydrogens is 482 g/mol. The quantitative estimate of drug-likeness (QED) is 0.317. The molecule has 0 spiro atoms. The highest BCUT2D eigenvalue weighted by Gasteiger charge is 2.35. The topological polar surface area (TPSA) is 67.5 Å². The lowest BCUT2D eigenvalue weighted by Gasteiger charge is -2.21. The van der Waals surface area contributed by atoms with E-state index in [4.69, 9.17) is 31.2 Å². The zero-order chi connectivity index (χ0) is 24.4. The lowest BCUT2D eigenvalue weighted by atomic mass is 9.98. The van der Waals surface area contributed by atoms with E-state index in [0.29, 0.717) is 28.0 Å². The molecule has 3 heterocycles. The number of rotatable bonds is 7. The van der Waals surface area contributed by atoms with Gasteiger partial charge in [-0.3, -0.25) is 14.7 Å². The Hall–Kier alpha value is -3.56. The molecule has 0 radical (unpaired) electrons. The predicted molar refractivity (Wildman–Crippen MR) is 139 cm³/mol. The van der Waals surface area contributed by atoms with Crippen molar-refractivity contribution in [2.24, 2.45) is 5.10 Å². The van der Waals surface area contributed by atoms with Crippen LogP contribution in [0.3, 0.4) is 0 Å². The number of ether oxygens (including phenoxy) is 2. The van der Waals surface area contributed by atoms with E-state index in [0.717, 1.165) is 28.3 Å². The minimum Gasteiger partial charge on any atom is -0.497 e. The maximum Gasteiger partial charge on any atom is 0.268 e. The molecule has 2 aliphatic rings. The van der Waals surface area contributed by atoms with Crippen LogP contribution in [-0.2, 0) is 11.3 Å². The van der Waals surface area contributed by atoms with Crippen molar-refractivity contribution >= 4 is 39.9 Å². The lowest BCUT2D eigenvalue weighted by Crippen LogP contribution is -2.27. The Balaban J connectivity index is 1.45. The van der Waals surface area contributed by atoms with E-state index in [1.807, 2.05) is 59.6 Å². The van der Waals surface area contributed by atoms with Crippen molar-refractivity contribution in [1.29, 1.82) is 0 Å². The molecule has 1 amide bonds. The summed E-state index contributed by atoms with van der Waals surface area (Å²) in [6.07, 6.45) is 4.07. The van der Waals surface area contributed by atoms with Crippen LogP contribution < -0.4 is 9.47 Å². The van der Waals surface area contributed by atoms with Crippen LogP contribution in [0.5, 0.6) is 11.5 Å². The molecule has 2 aromatic carbocycles. The summed E-state index contributed by atoms with van der Waals surface area (Å²) in [4.78, 5) is 15.3. The number of amides is 1. The zero-order valence-corrected chi connectivity index (χ0v) is 20.8. The number of hydrazone groups is 1. The van der Waals surface area contributed by atoms with Crippen LogP contribution in [0.2, 0.25) is 0 Å². The number of thioether (sulfide) groups is 1. The molecule has 1 unspecified atom stereocenters. The molecule has 0 N–H and O–H groups in total. The Labute approximate surface area is 213 Å². The summed E-state index contributed by atoms with van der Waals surface area (Å²) in [5.74, 6) is 2.10. The van der Waals surface area contributed by atoms with Crippen molar-refractivity contribution in [3.63, 3.8) is 0 Å². The number of hydrogen-bond donors (Lipinski definition) is 0. The number of benzene rings is 2. The molecule has 1 atom stereocenters. The number of methoxy groups -OCH3 is 2. The first kappa shape index (κ1) is 23.2. The van der Waals surface area contributed by atoms with Gasteiger partial charge < -0.3 is 13.9 Å². The molecule has 2 aliphatic heterocycles. The summed E-state index contributed by atoms with van der Waals surface area (Å²) in [5, 5.41) is 6.76. The molecule has 9 heteroatoms. The number of furan rings is 1. The molecule has 3 aromatic rings. The minimum atomic E-state index is -0.155. The number of carbonyl (C=O) groups is 1. The second-order valence-corrected chi connectivity index (χ2v) is 9.66. The molecule has 1 aromatic heterocycles. The molecule has 1 saturated heterocycles. The van der Waals surface area contributed by atoms with E-state index in [-0.39, 0.29) is 11.9 Å². The maximum absolute atomic E-state index is 13.2. The van der Waals surface area contributed by atoms with Gasteiger partial charge in [-0.2, -0.15) is 5.10 Å². The summed E-state index contributed by atoms with van der Waals surface area (Å²) in [7, 11) is 3.29. The first-order chi connectivity index (χ1) is 17.1. The highest BCUT2D eigenvalue weighted by Crippen LogP contribution is 2.38. The van der Waals surface area contributed by atoms with Crippen LogP contribution in [0.15, 0.2) is 87.6 Å². The molecule has 1 fully saturated rings. The number of thiocarbonyl (C=S) groups is 1. The predicted octanol–water partition coefficient (Wildman–Crippen LogP) is 5.35. The Morgan fingerprint density at radius 3 is 2.40 bits per heavy atom. The smallest absolute Gasteiger partial charge is 0.268 e. The molecule has 5 rings (SSSR count). The Kier molecular flexibility index (Phi) is 6.61. The summed E-state index contributed by atoms with van der Waals surface area (Å²) in [6, 6.07) is 19.3. The van der Waals surface area contributed by atoms with Gasteiger partial charge >= 0.3 is 0 Å². The van der Waals surface area contributed by atoms with Crippen LogP contribution in [0, 0.1) is 0 Å². The van der Waals surface area contributed by atoms with Crippen LogP contribution >= 0.6 is 24.0 Å². The fourth-order valence-electron chi connectivity index (χ4n) is 4.01. The molecule has 7 nitrogen and oxygen atoms in total. The number of hydrogen-bond acceptors (Lipinski definition) is 8. The van der Waals surface area contributed by atoms with Gasteiger partial charge in [-0.15, -0.1) is 0 Å². The average molecular weight is 506 g/mol. The molecule has 0 bridgehead atoms. The van der Waals surface area contributed by atoms with Gasteiger partial charge in [0.05, 0.1) is 43.7 Å². The lowest BCUT2D eigenvalue weighted by molar-refractivity contribution is -0.122. The Morgan fingerprint density at radius 1 is 1.09 bits per heavy atom. The number of nitrogens with zero attached hydrogens (tertiary/aromatic N) is 3. The van der Waals surface area contributed by atoms with Crippen molar-refractivity contribution in [3.8, 4) is 11.5 Å². The van der Waals surface area contributed by atoms with Gasteiger partial charge in [0.25, 0.3) is 5.91 Å². The third-order valence-electron chi connectivity index (χ3n) is 5.88. The second kappa shape index (κ2) is 9.97. The largest absolute Gasteiger partial charge is 0.497 e. The first-order valence-electron chi connectivity index (χ1n) is 11.0. The van der Waals surface area contributed by atoms with Crippen LogP contribution in [0.25, 0.3) is 0 Å². The number of carbonyl (C=O) groups excluding carboxylic acids is 1. The monoisotopic (exact) mass is 505 g/mol. The summed E-state index contributed by atoms with van der Waals surface area (Å²) >= 11 is 6.76. The normalized spacial score (nSPS) is 19.0. The van der Waals surface area contributed by atoms with E-state index < -0.39 is 0 Å². The zero-order valence-electron chi connectivity index (χ0n) is 19.2. The van der Waals surface area contributed by atoms with Crippen molar-refractivity contribution in [3.05, 3.63) is 94.9 Å². The molecule has 178 valence electrons. The average Bonchev–Trinajstić information content (AvgIpc) is 3.62. The van der Waals surface area contributed by atoms with Crippen molar-refractivity contribution < 1.29 is 18.7 Å². The van der Waals surface area contributed by atoms with Crippen molar-refractivity contribution in [2.75, 3.05) is 14.2 Å². The van der Waals surface area contributed by atoms with Gasteiger partial charge in [0.1, 0.15) is 21.6 Å². The van der Waals surface area contributed by atoms with E-state index in [9.17, 15) is 4.79 Å². The highest BCUT2D eigenvalue weighted by atomic mass is 32.2. The van der Waals surface area contributed by atoms with Gasteiger partial charge in [0.15, 0.2) is 0 Å². The van der Waals surface area contributed by atoms with Gasteiger partial charge in [-0.05, 0) is 59.7 Å². The fraction of sp³-hybridized carbons (Fsp3) is 0.192. The second-order valence-electron chi connectivity index (χ2n) is 7.98. The molecule has 0 aliphatic carbocycles. The Morgan fingerprint density at radius 2 is 1.77 bits per heavy atom. The summed E-state index contributed by atoms with van der Waals surface area (Å²) < 4.78 is 16.5. The fourth-order valence-corrected chi connectivity index (χ4v) is 5.23. The van der Waals surface area contributed by atoms with Crippen LogP contribution in [0.4, 0.5) is 0 Å². The van der Waals surface area contributed by atoms with Crippen LogP contribution in [-0.4, -0.2) is 40.1 Å². The minimum absolute atomic E-state index is 0.0772. The van der Waals surface area contributed by atoms with E-state index in [1.165, 1.54) is 11.8 Å². The summed E-state index contributed by atoms with van der Waals surface area (Å²) in [5.41, 5.74) is 3.00. The van der Waals surface area contributed by atoms with E-state index >= 15 is 0 Å². The van der Waals surface area contributed by atoms with E-state index in [1.54, 1.807) is 37.6 Å². The van der Waals surface area contributed by atoms with Gasteiger partial charge in [0.2, 0.25) is 0 Å². The van der Waals surface area contributed by atoms with Crippen molar-refractivity contribution in [1.82, 2.24) is 9.91 Å². The maximum atomic E-state index is 13.2. The van der Waals surface area contributed by atoms with Crippen molar-refractivity contribution in [2.45, 2.75) is 19.0 Å². The molecule has 35 heavy (non-hydrogen) atoms. The molecular formula is C26H23N3O4S2. The van der Waals surface area contributed by atoms with Gasteiger partial charge in [-0.1, -0.05) is 36.1 Å². The SMILES string of the molecule is COc1ccc(C2=NN(/C=C3\SC(=S)N(Cc4ccco4)C3=O)C(c3ccc(OC)cc3)C2)cc1. The van der Waals surface area contributed by atoms with Gasteiger partial charge in [0, 0.05) is 12.6 Å².